The van der Waals surface area contributed by atoms with Crippen molar-refractivity contribution in [3.05, 3.63) is 121 Å². The second kappa shape index (κ2) is 7.69. The summed E-state index contributed by atoms with van der Waals surface area (Å²) >= 11 is 0. The van der Waals surface area contributed by atoms with E-state index in [0.29, 0.717) is 0 Å². The molecule has 0 aromatic heterocycles. The van der Waals surface area contributed by atoms with E-state index in [1.807, 2.05) is 0 Å². The molecule has 0 spiro atoms. The largest absolute Gasteiger partial charge is 0.309 e. The quantitative estimate of drug-likeness (QED) is 0.169. The number of rotatable bonds is 3. The van der Waals surface area contributed by atoms with Gasteiger partial charge in [0, 0.05) is 10.6 Å². The SMILES string of the molecule is O=P(C1=CCCC1)(c1ccc2ccc3cccc4ccc1c2c34)c1ccc2ccc3cccc4ccc1c2c34. The van der Waals surface area contributed by atoms with Crippen LogP contribution in [0.3, 0.4) is 0 Å². The number of benzene rings is 8. The monoisotopic (exact) mass is 516 g/mol. The Morgan fingerprint density at radius 2 is 0.872 bits per heavy atom. The molecule has 0 heterocycles. The molecule has 0 fully saturated rings. The van der Waals surface area contributed by atoms with E-state index in [9.17, 15) is 0 Å². The number of hydrogen-bond donors (Lipinski definition) is 0. The minimum Gasteiger partial charge on any atom is -0.309 e. The molecule has 8 aromatic rings. The van der Waals surface area contributed by atoms with Crippen LogP contribution in [0.5, 0.6) is 0 Å². The molecule has 9 rings (SSSR count). The van der Waals surface area contributed by atoms with Crippen molar-refractivity contribution in [2.24, 2.45) is 0 Å². The first-order valence-corrected chi connectivity index (χ1v) is 15.6. The van der Waals surface area contributed by atoms with Gasteiger partial charge >= 0.3 is 0 Å². The zero-order chi connectivity index (χ0) is 25.7. The van der Waals surface area contributed by atoms with Crippen molar-refractivity contribution in [3.8, 4) is 0 Å². The predicted octanol–water partition coefficient (Wildman–Crippen LogP) is 9.86. The van der Waals surface area contributed by atoms with Crippen LogP contribution in [0.25, 0.3) is 64.6 Å². The molecule has 0 aliphatic heterocycles. The van der Waals surface area contributed by atoms with Crippen LogP contribution in [0.2, 0.25) is 0 Å². The maximum Gasteiger partial charge on any atom is 0.168 e. The Morgan fingerprint density at radius 3 is 1.31 bits per heavy atom. The molecule has 0 amide bonds. The van der Waals surface area contributed by atoms with E-state index in [1.165, 1.54) is 53.9 Å². The third kappa shape index (κ3) is 2.79. The molecular formula is C37H25OP. The fourth-order valence-corrected chi connectivity index (χ4v) is 10.7. The third-order valence-corrected chi connectivity index (χ3v) is 12.5. The number of allylic oxidation sites excluding steroid dienone is 2. The van der Waals surface area contributed by atoms with E-state index in [0.717, 1.165) is 46.0 Å². The molecule has 1 aliphatic rings. The average molecular weight is 517 g/mol. The molecule has 1 nitrogen and oxygen atoms in total. The highest BCUT2D eigenvalue weighted by Gasteiger charge is 2.36. The van der Waals surface area contributed by atoms with Crippen molar-refractivity contribution in [3.63, 3.8) is 0 Å². The van der Waals surface area contributed by atoms with Crippen molar-refractivity contribution >= 4 is 82.4 Å². The first-order valence-electron chi connectivity index (χ1n) is 13.9. The lowest BCUT2D eigenvalue weighted by Crippen LogP contribution is -2.19. The summed E-state index contributed by atoms with van der Waals surface area (Å²) in [6.07, 6.45) is 5.23. The maximum absolute atomic E-state index is 16.0. The van der Waals surface area contributed by atoms with Crippen LogP contribution in [0.15, 0.2) is 121 Å². The summed E-state index contributed by atoms with van der Waals surface area (Å²) in [5, 5.41) is 17.7. The van der Waals surface area contributed by atoms with E-state index >= 15 is 4.57 Å². The van der Waals surface area contributed by atoms with Gasteiger partial charge in [-0.3, -0.25) is 0 Å². The van der Waals surface area contributed by atoms with Crippen LogP contribution in [-0.2, 0) is 4.57 Å². The lowest BCUT2D eigenvalue weighted by molar-refractivity contribution is 0.590. The second-order valence-corrected chi connectivity index (χ2v) is 13.8. The topological polar surface area (TPSA) is 17.1 Å². The highest BCUT2D eigenvalue weighted by molar-refractivity contribution is 7.83. The molecule has 0 radical (unpaired) electrons. The Morgan fingerprint density at radius 1 is 0.462 bits per heavy atom. The second-order valence-electron chi connectivity index (χ2n) is 11.1. The Labute approximate surface area is 226 Å². The van der Waals surface area contributed by atoms with Crippen LogP contribution < -0.4 is 10.6 Å². The molecule has 184 valence electrons. The minimum atomic E-state index is -3.13. The summed E-state index contributed by atoms with van der Waals surface area (Å²) in [6, 6.07) is 39.4. The molecule has 8 aromatic carbocycles. The fourth-order valence-electron chi connectivity index (χ4n) is 7.37. The van der Waals surface area contributed by atoms with Gasteiger partial charge in [-0.05, 0) is 101 Å². The van der Waals surface area contributed by atoms with Crippen molar-refractivity contribution in [1.82, 2.24) is 0 Å². The van der Waals surface area contributed by atoms with Gasteiger partial charge in [0.05, 0.1) is 0 Å². The van der Waals surface area contributed by atoms with Gasteiger partial charge < -0.3 is 4.57 Å². The molecule has 0 atom stereocenters. The Balaban J connectivity index is 1.45. The Bertz CT molecular complexity index is 2160. The molecule has 1 aliphatic carbocycles. The predicted molar refractivity (Wildman–Crippen MR) is 169 cm³/mol. The summed E-state index contributed by atoms with van der Waals surface area (Å²) in [6.45, 7) is 0. The van der Waals surface area contributed by atoms with E-state index in [1.54, 1.807) is 0 Å². The molecule has 0 unspecified atom stereocenters. The summed E-state index contributed by atoms with van der Waals surface area (Å²) < 4.78 is 16.0. The van der Waals surface area contributed by atoms with Crippen LogP contribution in [-0.4, -0.2) is 0 Å². The van der Waals surface area contributed by atoms with E-state index in [2.05, 4.69) is 115 Å². The van der Waals surface area contributed by atoms with Gasteiger partial charge in [0.1, 0.15) is 0 Å². The van der Waals surface area contributed by atoms with Gasteiger partial charge in [-0.1, -0.05) is 103 Å². The zero-order valence-corrected chi connectivity index (χ0v) is 22.3. The van der Waals surface area contributed by atoms with Crippen molar-refractivity contribution in [2.45, 2.75) is 19.3 Å². The van der Waals surface area contributed by atoms with Gasteiger partial charge in [-0.25, -0.2) is 0 Å². The molecule has 0 bridgehead atoms. The van der Waals surface area contributed by atoms with E-state index < -0.39 is 7.14 Å². The van der Waals surface area contributed by atoms with Crippen LogP contribution in [0, 0.1) is 0 Å². The minimum absolute atomic E-state index is 0.890. The van der Waals surface area contributed by atoms with Crippen LogP contribution in [0.4, 0.5) is 0 Å². The average Bonchev–Trinajstić information content (AvgIpc) is 3.54. The number of hydrogen-bond acceptors (Lipinski definition) is 1. The van der Waals surface area contributed by atoms with Crippen LogP contribution >= 0.6 is 7.14 Å². The fraction of sp³-hybridized carbons (Fsp3) is 0.0811. The van der Waals surface area contributed by atoms with Gasteiger partial charge in [0.25, 0.3) is 0 Å². The first kappa shape index (κ1) is 21.7. The summed E-state index contributed by atoms with van der Waals surface area (Å²) in [5.41, 5.74) is 0. The summed E-state index contributed by atoms with van der Waals surface area (Å²) in [4.78, 5) is 0. The molecule has 39 heavy (non-hydrogen) atoms. The summed E-state index contributed by atoms with van der Waals surface area (Å²) in [5.74, 6) is 0. The van der Waals surface area contributed by atoms with E-state index in [-0.39, 0.29) is 0 Å². The Kier molecular flexibility index (Phi) is 4.28. The van der Waals surface area contributed by atoms with Gasteiger partial charge in [-0.15, -0.1) is 0 Å². The van der Waals surface area contributed by atoms with Crippen molar-refractivity contribution < 1.29 is 4.57 Å². The van der Waals surface area contributed by atoms with Gasteiger partial charge in [-0.2, -0.15) is 0 Å². The zero-order valence-electron chi connectivity index (χ0n) is 21.4. The lowest BCUT2D eigenvalue weighted by atomic mass is 9.94. The molecule has 0 saturated heterocycles. The normalized spacial score (nSPS) is 14.6. The highest BCUT2D eigenvalue weighted by atomic mass is 31.2. The van der Waals surface area contributed by atoms with Crippen molar-refractivity contribution in [1.29, 1.82) is 0 Å². The van der Waals surface area contributed by atoms with Crippen LogP contribution in [0.1, 0.15) is 19.3 Å². The first-order chi connectivity index (χ1) is 19.2. The maximum atomic E-state index is 16.0. The van der Waals surface area contributed by atoms with E-state index in [4.69, 9.17) is 0 Å². The van der Waals surface area contributed by atoms with Gasteiger partial charge in [0.15, 0.2) is 7.14 Å². The van der Waals surface area contributed by atoms with Gasteiger partial charge in [0.2, 0.25) is 0 Å². The Hall–Kier alpha value is -4.19. The molecular weight excluding hydrogens is 491 g/mol. The smallest absolute Gasteiger partial charge is 0.168 e. The summed E-state index contributed by atoms with van der Waals surface area (Å²) in [7, 11) is -3.13. The molecule has 2 heteroatoms. The third-order valence-electron chi connectivity index (χ3n) is 9.11. The van der Waals surface area contributed by atoms with Crippen molar-refractivity contribution in [2.75, 3.05) is 0 Å². The molecule has 0 saturated carbocycles. The standard InChI is InChI=1S/C37H25OP/c38-39(29-9-1-2-10-29,32-21-17-27-13-11-23-5-3-7-25-15-19-30(32)36(27)34(23)25)33-22-18-28-14-12-24-6-4-8-26-16-20-31(33)37(28)35(24)26/h3-9,11-22H,1-2,10H2. The molecule has 0 N–H and O–H groups in total. The lowest BCUT2D eigenvalue weighted by Gasteiger charge is -2.26. The highest BCUT2D eigenvalue weighted by Crippen LogP contribution is 2.58.